The summed E-state index contributed by atoms with van der Waals surface area (Å²) < 4.78 is 1.82. The monoisotopic (exact) mass is 294 g/mol. The maximum absolute atomic E-state index is 6.23. The van der Waals surface area contributed by atoms with Crippen molar-refractivity contribution in [3.05, 3.63) is 40.7 Å². The molecule has 2 N–H and O–H groups in total. The fourth-order valence-electron chi connectivity index (χ4n) is 1.84. The summed E-state index contributed by atoms with van der Waals surface area (Å²) in [7, 11) is 4.02. The van der Waals surface area contributed by atoms with Gasteiger partial charge in [0.05, 0.1) is 23.5 Å². The van der Waals surface area contributed by atoms with Crippen LogP contribution in [0.2, 0.25) is 5.02 Å². The summed E-state index contributed by atoms with van der Waals surface area (Å²) in [5, 5.41) is 4.82. The number of rotatable bonds is 5. The van der Waals surface area contributed by atoms with Crippen LogP contribution in [0.1, 0.15) is 23.1 Å². The topological polar surface area (TPSA) is 72.9 Å². The van der Waals surface area contributed by atoms with Crippen LogP contribution < -0.4 is 5.73 Å². The first-order chi connectivity index (χ1) is 9.49. The summed E-state index contributed by atoms with van der Waals surface area (Å²) in [5.41, 5.74) is 7.98. The molecule has 2 heterocycles. The molecule has 0 fully saturated rings. The second kappa shape index (κ2) is 6.30. The van der Waals surface area contributed by atoms with Gasteiger partial charge in [0, 0.05) is 18.9 Å². The lowest BCUT2D eigenvalue weighted by Crippen LogP contribution is -2.24. The highest BCUT2D eigenvalue weighted by Gasteiger charge is 2.20. The zero-order valence-electron chi connectivity index (χ0n) is 11.9. The van der Waals surface area contributed by atoms with Crippen LogP contribution in [-0.4, -0.2) is 45.3 Å². The SMILES string of the molecule is Cc1cnc(C(N)c2c(Cl)cnn2CCN(C)C)nc1. The average Bonchev–Trinajstić information content (AvgIpc) is 2.77. The Hall–Kier alpha value is -1.50. The summed E-state index contributed by atoms with van der Waals surface area (Å²) in [6, 6.07) is -0.479. The zero-order valence-corrected chi connectivity index (χ0v) is 12.7. The van der Waals surface area contributed by atoms with Gasteiger partial charge < -0.3 is 10.6 Å². The van der Waals surface area contributed by atoms with E-state index in [9.17, 15) is 0 Å². The van der Waals surface area contributed by atoms with Crippen LogP contribution in [0.3, 0.4) is 0 Å². The fourth-order valence-corrected chi connectivity index (χ4v) is 2.10. The molecule has 0 aliphatic carbocycles. The molecule has 1 atom stereocenters. The number of halogens is 1. The maximum Gasteiger partial charge on any atom is 0.151 e. The van der Waals surface area contributed by atoms with Crippen LogP contribution >= 0.6 is 11.6 Å². The van der Waals surface area contributed by atoms with Gasteiger partial charge in [-0.3, -0.25) is 4.68 Å². The Morgan fingerprint density at radius 3 is 2.55 bits per heavy atom. The van der Waals surface area contributed by atoms with Crippen LogP contribution in [-0.2, 0) is 6.54 Å². The third-order valence-corrected chi connectivity index (χ3v) is 3.26. The molecular formula is C13H19ClN6. The van der Waals surface area contributed by atoms with Crippen LogP contribution in [0, 0.1) is 6.92 Å². The van der Waals surface area contributed by atoms with Gasteiger partial charge in [-0.15, -0.1) is 0 Å². The highest BCUT2D eigenvalue weighted by Crippen LogP contribution is 2.24. The zero-order chi connectivity index (χ0) is 14.7. The standard InChI is InChI=1S/C13H19ClN6/c1-9-6-16-13(17-7-9)11(15)12-10(14)8-18-20(12)5-4-19(2)3/h6-8,11H,4-5,15H2,1-3H3. The normalized spacial score (nSPS) is 12.9. The minimum Gasteiger partial charge on any atom is -0.316 e. The molecule has 1 unspecified atom stereocenters. The van der Waals surface area contributed by atoms with Gasteiger partial charge in [-0.2, -0.15) is 5.10 Å². The van der Waals surface area contributed by atoms with Gasteiger partial charge in [-0.25, -0.2) is 9.97 Å². The number of nitrogens with zero attached hydrogens (tertiary/aromatic N) is 5. The third-order valence-electron chi connectivity index (χ3n) is 2.97. The van der Waals surface area contributed by atoms with Gasteiger partial charge in [0.25, 0.3) is 0 Å². The molecule has 2 rings (SSSR count). The van der Waals surface area contributed by atoms with E-state index in [2.05, 4.69) is 20.0 Å². The molecular weight excluding hydrogens is 276 g/mol. The Kier molecular flexibility index (Phi) is 4.69. The molecule has 6 nitrogen and oxygen atoms in total. The van der Waals surface area contributed by atoms with Crippen LogP contribution in [0.25, 0.3) is 0 Å². The highest BCUT2D eigenvalue weighted by molar-refractivity contribution is 6.31. The largest absolute Gasteiger partial charge is 0.316 e. The van der Waals surface area contributed by atoms with Crippen LogP contribution in [0.15, 0.2) is 18.6 Å². The predicted molar refractivity (Wildman–Crippen MR) is 78.6 cm³/mol. The first-order valence-electron chi connectivity index (χ1n) is 6.39. The quantitative estimate of drug-likeness (QED) is 0.898. The molecule has 0 aliphatic heterocycles. The summed E-state index contributed by atoms with van der Waals surface area (Å²) in [5.74, 6) is 0.545. The maximum atomic E-state index is 6.23. The van der Waals surface area contributed by atoms with E-state index in [-0.39, 0.29) is 0 Å². The third kappa shape index (κ3) is 3.33. The van der Waals surface area contributed by atoms with Crippen molar-refractivity contribution in [3.8, 4) is 0 Å². The van der Waals surface area contributed by atoms with Crippen LogP contribution in [0.4, 0.5) is 0 Å². The van der Waals surface area contributed by atoms with E-state index in [1.54, 1.807) is 18.6 Å². The Bertz CT molecular complexity index is 563. The van der Waals surface area contributed by atoms with Crippen molar-refractivity contribution in [1.29, 1.82) is 0 Å². The lowest BCUT2D eigenvalue weighted by Gasteiger charge is -2.16. The van der Waals surface area contributed by atoms with Crippen molar-refractivity contribution < 1.29 is 0 Å². The molecule has 20 heavy (non-hydrogen) atoms. The van der Waals surface area contributed by atoms with Crippen LogP contribution in [0.5, 0.6) is 0 Å². The van der Waals surface area contributed by atoms with Crippen molar-refractivity contribution in [2.75, 3.05) is 20.6 Å². The Labute approximate surface area is 123 Å². The number of nitrogens with two attached hydrogens (primary N) is 1. The first-order valence-corrected chi connectivity index (χ1v) is 6.77. The number of likely N-dealkylation sites (N-methyl/N-ethyl adjacent to an activating group) is 1. The van der Waals surface area contributed by atoms with E-state index in [1.807, 2.05) is 25.7 Å². The Balaban J connectivity index is 2.26. The summed E-state index contributed by atoms with van der Waals surface area (Å²) in [6.45, 7) is 3.50. The van der Waals surface area contributed by atoms with Crippen molar-refractivity contribution >= 4 is 11.6 Å². The molecule has 7 heteroatoms. The molecule has 0 saturated carbocycles. The summed E-state index contributed by atoms with van der Waals surface area (Å²) >= 11 is 6.20. The number of aryl methyl sites for hydroxylation is 1. The number of aromatic nitrogens is 4. The van der Waals surface area contributed by atoms with Gasteiger partial charge in [-0.1, -0.05) is 11.6 Å². The van der Waals surface area contributed by atoms with E-state index < -0.39 is 6.04 Å². The molecule has 0 aliphatic rings. The molecule has 2 aromatic heterocycles. The molecule has 0 amide bonds. The van der Waals surface area contributed by atoms with E-state index in [0.29, 0.717) is 17.4 Å². The Morgan fingerprint density at radius 2 is 1.95 bits per heavy atom. The molecule has 0 radical (unpaired) electrons. The highest BCUT2D eigenvalue weighted by atomic mass is 35.5. The van der Waals surface area contributed by atoms with E-state index in [0.717, 1.165) is 17.8 Å². The van der Waals surface area contributed by atoms with Gasteiger partial charge in [-0.05, 0) is 26.6 Å². The van der Waals surface area contributed by atoms with Gasteiger partial charge in [0.1, 0.15) is 6.04 Å². The minimum absolute atomic E-state index is 0.479. The molecule has 0 saturated heterocycles. The predicted octanol–water partition coefficient (Wildman–Crippen LogP) is 1.24. The van der Waals surface area contributed by atoms with E-state index in [1.165, 1.54) is 0 Å². The lowest BCUT2D eigenvalue weighted by atomic mass is 10.2. The number of hydrogen-bond donors (Lipinski definition) is 1. The second-order valence-corrected chi connectivity index (χ2v) is 5.41. The van der Waals surface area contributed by atoms with E-state index in [4.69, 9.17) is 17.3 Å². The van der Waals surface area contributed by atoms with Crippen molar-refractivity contribution in [2.45, 2.75) is 19.5 Å². The number of hydrogen-bond acceptors (Lipinski definition) is 5. The second-order valence-electron chi connectivity index (χ2n) is 5.00. The van der Waals surface area contributed by atoms with Gasteiger partial charge >= 0.3 is 0 Å². The van der Waals surface area contributed by atoms with E-state index >= 15 is 0 Å². The lowest BCUT2D eigenvalue weighted by molar-refractivity contribution is 0.367. The average molecular weight is 295 g/mol. The first kappa shape index (κ1) is 14.9. The summed E-state index contributed by atoms with van der Waals surface area (Å²) in [6.07, 6.45) is 5.11. The summed E-state index contributed by atoms with van der Waals surface area (Å²) in [4.78, 5) is 10.6. The van der Waals surface area contributed by atoms with Crippen molar-refractivity contribution in [3.63, 3.8) is 0 Å². The van der Waals surface area contributed by atoms with Crippen molar-refractivity contribution in [1.82, 2.24) is 24.6 Å². The van der Waals surface area contributed by atoms with Gasteiger partial charge in [0.2, 0.25) is 0 Å². The molecule has 0 bridgehead atoms. The molecule has 108 valence electrons. The Morgan fingerprint density at radius 1 is 1.30 bits per heavy atom. The fraction of sp³-hybridized carbons (Fsp3) is 0.462. The van der Waals surface area contributed by atoms with Gasteiger partial charge in [0.15, 0.2) is 5.82 Å². The minimum atomic E-state index is -0.479. The smallest absolute Gasteiger partial charge is 0.151 e. The van der Waals surface area contributed by atoms with Crippen molar-refractivity contribution in [2.24, 2.45) is 5.73 Å². The molecule has 2 aromatic rings. The molecule has 0 aromatic carbocycles. The molecule has 0 spiro atoms.